The summed E-state index contributed by atoms with van der Waals surface area (Å²) in [5, 5.41) is 0.719. The molecule has 2 atom stereocenters. The summed E-state index contributed by atoms with van der Waals surface area (Å²) in [6, 6.07) is 16.6. The Bertz CT molecular complexity index is 721. The molecule has 0 radical (unpaired) electrons. The minimum atomic E-state index is 0.186. The second-order valence-corrected chi connectivity index (χ2v) is 8.25. The summed E-state index contributed by atoms with van der Waals surface area (Å²) in [6.07, 6.45) is 4.87. The molecule has 2 aromatic rings. The Hall–Kier alpha value is -1.64. The van der Waals surface area contributed by atoms with Gasteiger partial charge >= 0.3 is 0 Å². The van der Waals surface area contributed by atoms with Gasteiger partial charge < -0.3 is 4.90 Å². The number of hydrogen-bond donors (Lipinski definition) is 0. The molecule has 2 unspecified atom stereocenters. The van der Waals surface area contributed by atoms with E-state index in [9.17, 15) is 4.79 Å². The lowest BCUT2D eigenvalue weighted by atomic mass is 9.75. The van der Waals surface area contributed by atoms with Gasteiger partial charge in [-0.1, -0.05) is 54.4 Å². The molecule has 3 rings (SSSR count). The van der Waals surface area contributed by atoms with E-state index in [0.29, 0.717) is 18.1 Å². The van der Waals surface area contributed by atoms with Gasteiger partial charge in [0.25, 0.3) is 0 Å². The van der Waals surface area contributed by atoms with Crippen LogP contribution in [0, 0.1) is 5.92 Å². The van der Waals surface area contributed by atoms with E-state index in [1.54, 1.807) is 0 Å². The molecule has 26 heavy (non-hydrogen) atoms. The van der Waals surface area contributed by atoms with Gasteiger partial charge in [-0.2, -0.15) is 0 Å². The average molecular weight is 370 g/mol. The van der Waals surface area contributed by atoms with Gasteiger partial charge in [0.1, 0.15) is 5.78 Å². The van der Waals surface area contributed by atoms with Crippen molar-refractivity contribution >= 4 is 17.4 Å². The molecule has 0 amide bonds. The van der Waals surface area contributed by atoms with Gasteiger partial charge in [-0.15, -0.1) is 0 Å². The number of nitrogens with zero attached hydrogens (tertiary/aromatic N) is 1. The van der Waals surface area contributed by atoms with Crippen molar-refractivity contribution in [1.82, 2.24) is 4.90 Å². The quantitative estimate of drug-likeness (QED) is 0.671. The van der Waals surface area contributed by atoms with Crippen molar-refractivity contribution in [3.8, 4) is 0 Å². The lowest BCUT2D eigenvalue weighted by molar-refractivity contribution is -0.123. The number of halogens is 1. The first-order valence-corrected chi connectivity index (χ1v) is 9.90. The van der Waals surface area contributed by atoms with Crippen molar-refractivity contribution in [2.45, 2.75) is 44.6 Å². The standard InChI is InChI=1S/C23H28ClNO/c1-25(2)16-18-6-10-19(11-7-18)20-4-3-5-21(15-20)23(26)14-17-8-12-22(24)13-9-17/h6-13,20-21H,3-5,14-16H2,1-2H3. The van der Waals surface area contributed by atoms with E-state index in [-0.39, 0.29) is 5.92 Å². The van der Waals surface area contributed by atoms with Gasteiger partial charge in [0.15, 0.2) is 0 Å². The van der Waals surface area contributed by atoms with Crippen molar-refractivity contribution in [1.29, 1.82) is 0 Å². The van der Waals surface area contributed by atoms with Gasteiger partial charge in [0.05, 0.1) is 0 Å². The van der Waals surface area contributed by atoms with E-state index < -0.39 is 0 Å². The largest absolute Gasteiger partial charge is 0.305 e. The van der Waals surface area contributed by atoms with Crippen molar-refractivity contribution in [2.75, 3.05) is 14.1 Å². The maximum absolute atomic E-state index is 12.8. The fourth-order valence-corrected chi connectivity index (χ4v) is 4.12. The third-order valence-electron chi connectivity index (χ3n) is 5.37. The van der Waals surface area contributed by atoms with Gasteiger partial charge in [-0.25, -0.2) is 0 Å². The van der Waals surface area contributed by atoms with Crippen LogP contribution < -0.4 is 0 Å². The Balaban J connectivity index is 1.61. The molecule has 0 bridgehead atoms. The zero-order valence-electron chi connectivity index (χ0n) is 15.7. The molecule has 0 N–H and O–H groups in total. The molecule has 0 aromatic heterocycles. The molecular formula is C23H28ClNO. The van der Waals surface area contributed by atoms with Crippen LogP contribution >= 0.6 is 11.6 Å². The number of Topliss-reactive ketones (excluding diaryl/α,β-unsaturated/α-hetero) is 1. The highest BCUT2D eigenvalue weighted by atomic mass is 35.5. The normalized spacial score (nSPS) is 20.3. The molecule has 2 aromatic carbocycles. The van der Waals surface area contributed by atoms with Crippen LogP contribution in [-0.2, 0) is 17.8 Å². The topological polar surface area (TPSA) is 20.3 Å². The van der Waals surface area contributed by atoms with Gasteiger partial charge in [-0.3, -0.25) is 4.79 Å². The maximum Gasteiger partial charge on any atom is 0.140 e. The molecule has 0 heterocycles. The summed E-state index contributed by atoms with van der Waals surface area (Å²) in [6.45, 7) is 0.965. The third kappa shape index (κ3) is 5.18. The fourth-order valence-electron chi connectivity index (χ4n) is 3.99. The van der Waals surface area contributed by atoms with Crippen LogP contribution in [0.5, 0.6) is 0 Å². The summed E-state index contributed by atoms with van der Waals surface area (Å²) in [4.78, 5) is 14.9. The lowest BCUT2D eigenvalue weighted by Gasteiger charge is -2.29. The molecule has 1 aliphatic rings. The summed E-state index contributed by atoms with van der Waals surface area (Å²) in [7, 11) is 4.18. The summed E-state index contributed by atoms with van der Waals surface area (Å²) < 4.78 is 0. The Kier molecular flexibility index (Phi) is 6.50. The molecule has 0 spiro atoms. The highest BCUT2D eigenvalue weighted by molar-refractivity contribution is 6.30. The molecule has 138 valence electrons. The van der Waals surface area contributed by atoms with E-state index in [1.807, 2.05) is 24.3 Å². The first-order chi connectivity index (χ1) is 12.5. The number of rotatable bonds is 6. The van der Waals surface area contributed by atoms with Crippen LogP contribution in [0.15, 0.2) is 48.5 Å². The highest BCUT2D eigenvalue weighted by Gasteiger charge is 2.27. The Labute approximate surface area is 162 Å². The molecule has 3 heteroatoms. The highest BCUT2D eigenvalue weighted by Crippen LogP contribution is 2.37. The van der Waals surface area contributed by atoms with Crippen LogP contribution in [0.2, 0.25) is 5.02 Å². The number of carbonyl (C=O) groups excluding carboxylic acids is 1. The average Bonchev–Trinajstić information content (AvgIpc) is 2.64. The molecule has 1 saturated carbocycles. The first-order valence-electron chi connectivity index (χ1n) is 9.52. The first kappa shape index (κ1) is 19.1. The zero-order valence-corrected chi connectivity index (χ0v) is 16.5. The van der Waals surface area contributed by atoms with Crippen LogP contribution in [0.25, 0.3) is 0 Å². The van der Waals surface area contributed by atoms with E-state index in [0.717, 1.165) is 36.4 Å². The van der Waals surface area contributed by atoms with Crippen LogP contribution in [0.4, 0.5) is 0 Å². The van der Waals surface area contributed by atoms with Gasteiger partial charge in [0.2, 0.25) is 0 Å². The van der Waals surface area contributed by atoms with Crippen LogP contribution in [-0.4, -0.2) is 24.8 Å². The smallest absolute Gasteiger partial charge is 0.140 e. The number of ketones is 1. The van der Waals surface area contributed by atoms with Crippen molar-refractivity contribution in [2.24, 2.45) is 5.92 Å². The summed E-state index contributed by atoms with van der Waals surface area (Å²) >= 11 is 5.94. The van der Waals surface area contributed by atoms with E-state index in [2.05, 4.69) is 43.3 Å². The molecule has 1 aliphatic carbocycles. The monoisotopic (exact) mass is 369 g/mol. The van der Waals surface area contributed by atoms with Crippen molar-refractivity contribution in [3.63, 3.8) is 0 Å². The second-order valence-electron chi connectivity index (χ2n) is 7.81. The SMILES string of the molecule is CN(C)Cc1ccc(C2CCCC(C(=O)Cc3ccc(Cl)cc3)C2)cc1. The van der Waals surface area contributed by atoms with E-state index in [1.165, 1.54) is 17.5 Å². The zero-order chi connectivity index (χ0) is 18.5. The summed E-state index contributed by atoms with van der Waals surface area (Å²) in [5.41, 5.74) is 3.79. The fraction of sp³-hybridized carbons (Fsp3) is 0.435. The third-order valence-corrected chi connectivity index (χ3v) is 5.62. The minimum absolute atomic E-state index is 0.186. The van der Waals surface area contributed by atoms with Gasteiger partial charge in [0, 0.05) is 23.9 Å². The predicted octanol–water partition coefficient (Wildman–Crippen LogP) is 5.49. The van der Waals surface area contributed by atoms with Gasteiger partial charge in [-0.05, 0) is 68.1 Å². The number of hydrogen-bond acceptors (Lipinski definition) is 2. The summed E-state index contributed by atoms with van der Waals surface area (Å²) in [5.74, 6) is 1.07. The van der Waals surface area contributed by atoms with Crippen LogP contribution in [0.1, 0.15) is 48.3 Å². The Morgan fingerprint density at radius 3 is 2.31 bits per heavy atom. The second kappa shape index (κ2) is 8.83. The Morgan fingerprint density at radius 2 is 1.65 bits per heavy atom. The van der Waals surface area contributed by atoms with E-state index >= 15 is 0 Å². The molecule has 0 aliphatic heterocycles. The lowest BCUT2D eigenvalue weighted by Crippen LogP contribution is -2.23. The van der Waals surface area contributed by atoms with E-state index in [4.69, 9.17) is 11.6 Å². The maximum atomic E-state index is 12.8. The number of carbonyl (C=O) groups is 1. The molecule has 2 nitrogen and oxygen atoms in total. The molecular weight excluding hydrogens is 342 g/mol. The van der Waals surface area contributed by atoms with Crippen LogP contribution in [0.3, 0.4) is 0 Å². The van der Waals surface area contributed by atoms with Crippen molar-refractivity contribution < 1.29 is 4.79 Å². The number of benzene rings is 2. The molecule has 1 fully saturated rings. The minimum Gasteiger partial charge on any atom is -0.305 e. The van der Waals surface area contributed by atoms with Crippen molar-refractivity contribution in [3.05, 3.63) is 70.2 Å². The predicted molar refractivity (Wildman–Crippen MR) is 109 cm³/mol. The Morgan fingerprint density at radius 1 is 1.00 bits per heavy atom. The molecule has 0 saturated heterocycles.